The smallest absolute Gasteiger partial charge is 0.341 e. The summed E-state index contributed by atoms with van der Waals surface area (Å²) in [6, 6.07) is 14.2. The first-order valence-corrected chi connectivity index (χ1v) is 7.87. The molecule has 0 fully saturated rings. The van der Waals surface area contributed by atoms with Crippen LogP contribution in [0, 0.1) is 0 Å². The molecule has 0 spiro atoms. The highest BCUT2D eigenvalue weighted by atomic mass is 16.5. The van der Waals surface area contributed by atoms with E-state index in [0.717, 1.165) is 11.3 Å². The first-order chi connectivity index (χ1) is 12.0. The average Bonchev–Trinajstić information content (AvgIpc) is 2.60. The number of nitrogens with one attached hydrogen (secondary N) is 1. The van der Waals surface area contributed by atoms with Gasteiger partial charge in [-0.1, -0.05) is 31.2 Å². The van der Waals surface area contributed by atoms with E-state index in [2.05, 4.69) is 5.32 Å². The SMILES string of the molecule is COc1ccccc1C(C)CC(=O)Nc1cccc(OCC(=O)O)c1. The van der Waals surface area contributed by atoms with Gasteiger partial charge in [-0.05, 0) is 29.7 Å². The van der Waals surface area contributed by atoms with E-state index < -0.39 is 12.6 Å². The van der Waals surface area contributed by atoms with Crippen LogP contribution in [0.2, 0.25) is 0 Å². The quantitative estimate of drug-likeness (QED) is 0.768. The molecular formula is C19H21NO5. The normalized spacial score (nSPS) is 11.4. The predicted molar refractivity (Wildman–Crippen MR) is 94.2 cm³/mol. The minimum absolute atomic E-state index is 0.0115. The summed E-state index contributed by atoms with van der Waals surface area (Å²) in [6.45, 7) is 1.53. The second kappa shape index (κ2) is 8.73. The number of hydrogen-bond donors (Lipinski definition) is 2. The Hall–Kier alpha value is -3.02. The second-order valence-electron chi connectivity index (χ2n) is 5.61. The fourth-order valence-corrected chi connectivity index (χ4v) is 2.48. The molecule has 1 amide bonds. The molecule has 0 saturated heterocycles. The Kier molecular flexibility index (Phi) is 6.39. The monoisotopic (exact) mass is 343 g/mol. The van der Waals surface area contributed by atoms with E-state index in [4.69, 9.17) is 14.6 Å². The number of aliphatic carboxylic acids is 1. The molecule has 0 saturated carbocycles. The van der Waals surface area contributed by atoms with Crippen molar-refractivity contribution in [2.24, 2.45) is 0 Å². The van der Waals surface area contributed by atoms with E-state index in [9.17, 15) is 9.59 Å². The number of para-hydroxylation sites is 1. The van der Waals surface area contributed by atoms with Crippen LogP contribution in [-0.4, -0.2) is 30.7 Å². The molecule has 0 aliphatic rings. The van der Waals surface area contributed by atoms with Gasteiger partial charge in [0.2, 0.25) is 5.91 Å². The average molecular weight is 343 g/mol. The van der Waals surface area contributed by atoms with Crippen molar-refractivity contribution in [3.63, 3.8) is 0 Å². The van der Waals surface area contributed by atoms with Gasteiger partial charge in [-0.25, -0.2) is 4.79 Å². The molecular weight excluding hydrogens is 322 g/mol. The second-order valence-corrected chi connectivity index (χ2v) is 5.61. The maximum atomic E-state index is 12.3. The Morgan fingerprint density at radius 3 is 2.64 bits per heavy atom. The Labute approximate surface area is 146 Å². The zero-order valence-corrected chi connectivity index (χ0v) is 14.2. The zero-order chi connectivity index (χ0) is 18.2. The van der Waals surface area contributed by atoms with Crippen molar-refractivity contribution in [1.82, 2.24) is 0 Å². The van der Waals surface area contributed by atoms with E-state index in [-0.39, 0.29) is 11.8 Å². The van der Waals surface area contributed by atoms with Gasteiger partial charge in [-0.3, -0.25) is 4.79 Å². The van der Waals surface area contributed by atoms with Gasteiger partial charge < -0.3 is 19.9 Å². The van der Waals surface area contributed by atoms with Gasteiger partial charge in [0.05, 0.1) is 7.11 Å². The summed E-state index contributed by atoms with van der Waals surface area (Å²) in [6.07, 6.45) is 0.292. The van der Waals surface area contributed by atoms with E-state index in [0.29, 0.717) is 17.9 Å². The van der Waals surface area contributed by atoms with Crippen LogP contribution in [0.3, 0.4) is 0 Å². The van der Waals surface area contributed by atoms with E-state index >= 15 is 0 Å². The number of rotatable bonds is 8. The number of carboxylic acid groups (broad SMARTS) is 1. The summed E-state index contributed by atoms with van der Waals surface area (Å²) in [5.41, 5.74) is 1.53. The van der Waals surface area contributed by atoms with Crippen molar-refractivity contribution in [3.8, 4) is 11.5 Å². The van der Waals surface area contributed by atoms with E-state index in [1.54, 1.807) is 31.4 Å². The number of amides is 1. The van der Waals surface area contributed by atoms with Crippen molar-refractivity contribution >= 4 is 17.6 Å². The summed E-state index contributed by atoms with van der Waals surface area (Å²) in [7, 11) is 1.61. The molecule has 2 aromatic rings. The fourth-order valence-electron chi connectivity index (χ4n) is 2.48. The minimum atomic E-state index is -1.06. The predicted octanol–water partition coefficient (Wildman–Crippen LogP) is 3.29. The van der Waals surface area contributed by atoms with Crippen molar-refractivity contribution in [1.29, 1.82) is 0 Å². The molecule has 0 aliphatic heterocycles. The molecule has 0 aliphatic carbocycles. The fraction of sp³-hybridized carbons (Fsp3) is 0.263. The van der Waals surface area contributed by atoms with E-state index in [1.165, 1.54) is 0 Å². The Balaban J connectivity index is 1.98. The molecule has 0 radical (unpaired) electrons. The van der Waals surface area contributed by atoms with Crippen molar-refractivity contribution in [2.75, 3.05) is 19.0 Å². The number of carboxylic acids is 1. The summed E-state index contributed by atoms with van der Waals surface area (Å²) in [4.78, 5) is 22.8. The van der Waals surface area contributed by atoms with Crippen LogP contribution < -0.4 is 14.8 Å². The van der Waals surface area contributed by atoms with Gasteiger partial charge in [0.1, 0.15) is 11.5 Å². The largest absolute Gasteiger partial charge is 0.496 e. The van der Waals surface area contributed by atoms with Gasteiger partial charge in [0.25, 0.3) is 0 Å². The molecule has 0 heterocycles. The molecule has 2 N–H and O–H groups in total. The Morgan fingerprint density at radius 2 is 1.92 bits per heavy atom. The number of ether oxygens (including phenoxy) is 2. The molecule has 0 bridgehead atoms. The van der Waals surface area contributed by atoms with Crippen LogP contribution in [0.25, 0.3) is 0 Å². The highest BCUT2D eigenvalue weighted by molar-refractivity contribution is 5.91. The third kappa shape index (κ3) is 5.53. The Bertz CT molecular complexity index is 744. The van der Waals surface area contributed by atoms with Gasteiger partial charge in [-0.2, -0.15) is 0 Å². The Morgan fingerprint density at radius 1 is 1.16 bits per heavy atom. The number of benzene rings is 2. The van der Waals surface area contributed by atoms with Crippen LogP contribution in [-0.2, 0) is 9.59 Å². The zero-order valence-electron chi connectivity index (χ0n) is 14.2. The lowest BCUT2D eigenvalue weighted by molar-refractivity contribution is -0.139. The molecule has 1 unspecified atom stereocenters. The highest BCUT2D eigenvalue weighted by Crippen LogP contribution is 2.28. The maximum Gasteiger partial charge on any atom is 0.341 e. The van der Waals surface area contributed by atoms with Crippen LogP contribution in [0.4, 0.5) is 5.69 Å². The number of carbonyl (C=O) groups is 2. The maximum absolute atomic E-state index is 12.3. The highest BCUT2D eigenvalue weighted by Gasteiger charge is 2.15. The van der Waals surface area contributed by atoms with Crippen LogP contribution >= 0.6 is 0 Å². The lowest BCUT2D eigenvalue weighted by Crippen LogP contribution is -2.15. The summed E-state index contributed by atoms with van der Waals surface area (Å²) in [5, 5.41) is 11.4. The van der Waals surface area contributed by atoms with Crippen molar-refractivity contribution in [3.05, 3.63) is 54.1 Å². The van der Waals surface area contributed by atoms with Crippen molar-refractivity contribution < 1.29 is 24.2 Å². The van der Waals surface area contributed by atoms with Gasteiger partial charge >= 0.3 is 5.97 Å². The molecule has 6 nitrogen and oxygen atoms in total. The molecule has 132 valence electrons. The minimum Gasteiger partial charge on any atom is -0.496 e. The summed E-state index contributed by atoms with van der Waals surface area (Å²) < 4.78 is 10.4. The summed E-state index contributed by atoms with van der Waals surface area (Å²) >= 11 is 0. The van der Waals surface area contributed by atoms with Gasteiger partial charge in [0.15, 0.2) is 6.61 Å². The molecule has 2 rings (SSSR count). The molecule has 2 aromatic carbocycles. The van der Waals surface area contributed by atoms with Gasteiger partial charge in [0, 0.05) is 18.2 Å². The first kappa shape index (κ1) is 18.3. The third-order valence-corrected chi connectivity index (χ3v) is 3.64. The number of anilines is 1. The molecule has 25 heavy (non-hydrogen) atoms. The third-order valence-electron chi connectivity index (χ3n) is 3.64. The standard InChI is InChI=1S/C19H21NO5/c1-13(16-8-3-4-9-17(16)24-2)10-18(21)20-14-6-5-7-15(11-14)25-12-19(22)23/h3-9,11,13H,10,12H2,1-2H3,(H,20,21)(H,22,23). The number of carbonyl (C=O) groups excluding carboxylic acids is 1. The lowest BCUT2D eigenvalue weighted by Gasteiger charge is -2.15. The molecule has 1 atom stereocenters. The number of methoxy groups -OCH3 is 1. The molecule has 0 aromatic heterocycles. The lowest BCUT2D eigenvalue weighted by atomic mass is 9.96. The van der Waals surface area contributed by atoms with Crippen molar-refractivity contribution in [2.45, 2.75) is 19.3 Å². The molecule has 6 heteroatoms. The number of hydrogen-bond acceptors (Lipinski definition) is 4. The van der Waals surface area contributed by atoms with Gasteiger partial charge in [-0.15, -0.1) is 0 Å². The van der Waals surface area contributed by atoms with Crippen LogP contribution in [0.5, 0.6) is 11.5 Å². The van der Waals surface area contributed by atoms with Crippen LogP contribution in [0.1, 0.15) is 24.8 Å². The first-order valence-electron chi connectivity index (χ1n) is 7.87. The summed E-state index contributed by atoms with van der Waals surface area (Å²) in [5.74, 6) is -0.0682. The van der Waals surface area contributed by atoms with Crippen LogP contribution in [0.15, 0.2) is 48.5 Å². The van der Waals surface area contributed by atoms with E-state index in [1.807, 2.05) is 31.2 Å². The topological polar surface area (TPSA) is 84.9 Å².